The molecule has 3 aromatic carbocycles. The SMILES string of the molecule is CC(C)C(=O)Nc1ccc(C(=O)NN(Cc2ccccc2)c2ccccc2)cc1. The van der Waals surface area contributed by atoms with Crippen LogP contribution in [0.4, 0.5) is 11.4 Å². The summed E-state index contributed by atoms with van der Waals surface area (Å²) in [5.74, 6) is -0.373. The maximum absolute atomic E-state index is 12.8. The highest BCUT2D eigenvalue weighted by molar-refractivity contribution is 5.96. The fraction of sp³-hybridized carbons (Fsp3) is 0.167. The number of anilines is 2. The fourth-order valence-corrected chi connectivity index (χ4v) is 2.75. The van der Waals surface area contributed by atoms with Crippen LogP contribution in [-0.2, 0) is 11.3 Å². The average molecular weight is 387 g/mol. The summed E-state index contributed by atoms with van der Waals surface area (Å²) in [6.07, 6.45) is 0. The van der Waals surface area contributed by atoms with Crippen molar-refractivity contribution in [3.63, 3.8) is 0 Å². The number of benzene rings is 3. The molecule has 148 valence electrons. The summed E-state index contributed by atoms with van der Waals surface area (Å²) < 4.78 is 0. The fourth-order valence-electron chi connectivity index (χ4n) is 2.75. The number of carbonyl (C=O) groups excluding carboxylic acids is 2. The van der Waals surface area contributed by atoms with Crippen LogP contribution < -0.4 is 15.8 Å². The maximum Gasteiger partial charge on any atom is 0.269 e. The van der Waals surface area contributed by atoms with Crippen LogP contribution in [0.15, 0.2) is 84.9 Å². The van der Waals surface area contributed by atoms with Crippen molar-refractivity contribution in [3.8, 4) is 0 Å². The van der Waals surface area contributed by atoms with Gasteiger partial charge in [0.1, 0.15) is 0 Å². The number of hydrazine groups is 1. The van der Waals surface area contributed by atoms with Crippen LogP contribution in [-0.4, -0.2) is 11.8 Å². The van der Waals surface area contributed by atoms with Crippen LogP contribution in [0.1, 0.15) is 29.8 Å². The summed E-state index contributed by atoms with van der Waals surface area (Å²) in [5.41, 5.74) is 6.15. The molecule has 29 heavy (non-hydrogen) atoms. The zero-order valence-corrected chi connectivity index (χ0v) is 16.6. The van der Waals surface area contributed by atoms with E-state index in [0.717, 1.165) is 11.3 Å². The summed E-state index contributed by atoms with van der Waals surface area (Å²) >= 11 is 0. The number of para-hydroxylation sites is 1. The zero-order valence-electron chi connectivity index (χ0n) is 16.6. The van der Waals surface area contributed by atoms with Gasteiger partial charge in [-0.05, 0) is 42.0 Å². The highest BCUT2D eigenvalue weighted by atomic mass is 16.2. The van der Waals surface area contributed by atoms with Crippen LogP contribution in [0.25, 0.3) is 0 Å². The molecule has 0 aliphatic carbocycles. The molecule has 0 aliphatic rings. The van der Waals surface area contributed by atoms with Gasteiger partial charge in [-0.15, -0.1) is 0 Å². The number of carbonyl (C=O) groups is 2. The molecule has 0 saturated heterocycles. The molecule has 0 heterocycles. The summed E-state index contributed by atoms with van der Waals surface area (Å²) in [7, 11) is 0. The Kier molecular flexibility index (Phi) is 6.63. The molecule has 0 radical (unpaired) electrons. The molecular formula is C24H25N3O2. The minimum absolute atomic E-state index is 0.0553. The van der Waals surface area contributed by atoms with Crippen LogP contribution in [0, 0.1) is 5.92 Å². The molecule has 0 saturated carbocycles. The van der Waals surface area contributed by atoms with E-state index in [1.807, 2.05) is 79.5 Å². The first-order chi connectivity index (χ1) is 14.0. The third-order valence-corrected chi connectivity index (χ3v) is 4.43. The second-order valence-electron chi connectivity index (χ2n) is 7.07. The highest BCUT2D eigenvalue weighted by Gasteiger charge is 2.13. The Labute approximate surface area is 171 Å². The standard InChI is InChI=1S/C24H25N3O2/c1-18(2)23(28)25-21-15-13-20(14-16-21)24(29)26-27(22-11-7-4-8-12-22)17-19-9-5-3-6-10-19/h3-16,18H,17H2,1-2H3,(H,25,28)(H,26,29). The lowest BCUT2D eigenvalue weighted by molar-refractivity contribution is -0.118. The van der Waals surface area contributed by atoms with Crippen molar-refractivity contribution in [2.24, 2.45) is 5.92 Å². The van der Waals surface area contributed by atoms with E-state index in [9.17, 15) is 9.59 Å². The second-order valence-corrected chi connectivity index (χ2v) is 7.07. The van der Waals surface area contributed by atoms with E-state index in [1.165, 1.54) is 0 Å². The Morgan fingerprint density at radius 2 is 1.41 bits per heavy atom. The van der Waals surface area contributed by atoms with Crippen molar-refractivity contribution in [3.05, 3.63) is 96.1 Å². The first kappa shape index (κ1) is 20.1. The number of hydrogen-bond donors (Lipinski definition) is 2. The highest BCUT2D eigenvalue weighted by Crippen LogP contribution is 2.16. The van der Waals surface area contributed by atoms with E-state index in [-0.39, 0.29) is 17.7 Å². The lowest BCUT2D eigenvalue weighted by atomic mass is 10.1. The number of hydrogen-bond acceptors (Lipinski definition) is 3. The largest absolute Gasteiger partial charge is 0.326 e. The molecule has 0 bridgehead atoms. The first-order valence-electron chi connectivity index (χ1n) is 9.61. The van der Waals surface area contributed by atoms with E-state index < -0.39 is 0 Å². The van der Waals surface area contributed by atoms with Crippen molar-refractivity contribution < 1.29 is 9.59 Å². The lowest BCUT2D eigenvalue weighted by Gasteiger charge is -2.25. The molecule has 0 atom stereocenters. The average Bonchev–Trinajstić information content (AvgIpc) is 2.75. The van der Waals surface area contributed by atoms with E-state index in [1.54, 1.807) is 24.3 Å². The molecule has 3 aromatic rings. The Hall–Kier alpha value is -3.60. The van der Waals surface area contributed by atoms with E-state index >= 15 is 0 Å². The first-order valence-corrected chi connectivity index (χ1v) is 9.61. The van der Waals surface area contributed by atoms with Gasteiger partial charge in [0.25, 0.3) is 5.91 Å². The number of nitrogens with one attached hydrogen (secondary N) is 2. The van der Waals surface area contributed by atoms with Gasteiger partial charge in [-0.2, -0.15) is 0 Å². The normalized spacial score (nSPS) is 10.4. The van der Waals surface area contributed by atoms with Gasteiger partial charge in [-0.3, -0.25) is 20.0 Å². The molecule has 0 spiro atoms. The van der Waals surface area contributed by atoms with Gasteiger partial charge in [0.05, 0.1) is 12.2 Å². The van der Waals surface area contributed by atoms with Gasteiger partial charge in [-0.25, -0.2) is 0 Å². The van der Waals surface area contributed by atoms with Crippen molar-refractivity contribution in [2.75, 3.05) is 10.3 Å². The van der Waals surface area contributed by atoms with Crippen LogP contribution in [0.3, 0.4) is 0 Å². The minimum Gasteiger partial charge on any atom is -0.326 e. The summed E-state index contributed by atoms with van der Waals surface area (Å²) in [6, 6.07) is 26.6. The second kappa shape index (κ2) is 9.55. The van der Waals surface area contributed by atoms with Crippen LogP contribution in [0.5, 0.6) is 0 Å². The number of rotatable bonds is 7. The number of nitrogens with zero attached hydrogens (tertiary/aromatic N) is 1. The third-order valence-electron chi connectivity index (χ3n) is 4.43. The van der Waals surface area contributed by atoms with Gasteiger partial charge < -0.3 is 5.32 Å². The van der Waals surface area contributed by atoms with E-state index in [0.29, 0.717) is 17.8 Å². The molecule has 3 rings (SSSR count). The maximum atomic E-state index is 12.8. The van der Waals surface area contributed by atoms with Gasteiger partial charge >= 0.3 is 0 Å². The molecule has 5 heteroatoms. The molecule has 2 amide bonds. The van der Waals surface area contributed by atoms with E-state index in [2.05, 4.69) is 10.7 Å². The predicted molar refractivity (Wildman–Crippen MR) is 116 cm³/mol. The molecule has 2 N–H and O–H groups in total. The van der Waals surface area contributed by atoms with Gasteiger partial charge in [0.15, 0.2) is 0 Å². The Morgan fingerprint density at radius 1 is 0.828 bits per heavy atom. The van der Waals surface area contributed by atoms with Crippen molar-refractivity contribution in [2.45, 2.75) is 20.4 Å². The zero-order chi connectivity index (χ0) is 20.6. The summed E-state index contributed by atoms with van der Waals surface area (Å²) in [6.45, 7) is 4.21. The Bertz CT molecular complexity index is 939. The Balaban J connectivity index is 1.73. The smallest absolute Gasteiger partial charge is 0.269 e. The predicted octanol–water partition coefficient (Wildman–Crippen LogP) is 4.63. The molecule has 0 fully saturated rings. The molecular weight excluding hydrogens is 362 g/mol. The van der Waals surface area contributed by atoms with E-state index in [4.69, 9.17) is 0 Å². The monoisotopic (exact) mass is 387 g/mol. The molecule has 0 unspecified atom stereocenters. The van der Waals surface area contributed by atoms with Crippen molar-refractivity contribution in [1.82, 2.24) is 5.43 Å². The van der Waals surface area contributed by atoms with Crippen LogP contribution in [0.2, 0.25) is 0 Å². The van der Waals surface area contributed by atoms with Crippen molar-refractivity contribution >= 4 is 23.2 Å². The van der Waals surface area contributed by atoms with Crippen LogP contribution >= 0.6 is 0 Å². The Morgan fingerprint density at radius 3 is 2.00 bits per heavy atom. The lowest BCUT2D eigenvalue weighted by Crippen LogP contribution is -2.42. The van der Waals surface area contributed by atoms with Gasteiger partial charge in [0.2, 0.25) is 5.91 Å². The van der Waals surface area contributed by atoms with Crippen molar-refractivity contribution in [1.29, 1.82) is 0 Å². The molecule has 0 aromatic heterocycles. The quantitative estimate of drug-likeness (QED) is 0.581. The van der Waals surface area contributed by atoms with Gasteiger partial charge in [-0.1, -0.05) is 62.4 Å². The van der Waals surface area contributed by atoms with Gasteiger partial charge in [0, 0.05) is 17.2 Å². The molecule has 0 aliphatic heterocycles. The minimum atomic E-state index is -0.216. The summed E-state index contributed by atoms with van der Waals surface area (Å²) in [4.78, 5) is 24.6. The third kappa shape index (κ3) is 5.69. The topological polar surface area (TPSA) is 61.4 Å². The number of amides is 2. The molecule has 5 nitrogen and oxygen atoms in total. The summed E-state index contributed by atoms with van der Waals surface area (Å²) in [5, 5.41) is 4.65.